The van der Waals surface area contributed by atoms with E-state index in [0.717, 1.165) is 5.56 Å². The van der Waals surface area contributed by atoms with Crippen molar-refractivity contribution in [2.45, 2.75) is 0 Å². The second-order valence-electron chi connectivity index (χ2n) is 2.77. The Balaban J connectivity index is 2.22. The number of rotatable bonds is 1. The molecule has 0 radical (unpaired) electrons. The molecule has 2 heterocycles. The average Bonchev–Trinajstić information content (AvgIpc) is 2.76. The monoisotopic (exact) mass is 252 g/mol. The molecule has 0 spiro atoms. The van der Waals surface area contributed by atoms with Gasteiger partial charge in [-0.15, -0.1) is 0 Å². The zero-order valence-corrected chi connectivity index (χ0v) is 9.90. The highest BCUT2D eigenvalue weighted by molar-refractivity contribution is 8.13. The number of pyridine rings is 1. The van der Waals surface area contributed by atoms with Crippen molar-refractivity contribution in [3.05, 3.63) is 29.0 Å². The van der Waals surface area contributed by atoms with Gasteiger partial charge in [0, 0.05) is 11.8 Å². The SMILES string of the molecule is CSC1=NC(=[N+]=Cc2ccc(Cl)nc2)N=N1. The third-order valence-corrected chi connectivity index (χ3v) is 2.44. The van der Waals surface area contributed by atoms with Gasteiger partial charge in [-0.05, 0) is 28.5 Å². The normalized spacial score (nSPS) is 13.6. The molecule has 1 aromatic heterocycles. The van der Waals surface area contributed by atoms with E-state index in [4.69, 9.17) is 11.6 Å². The number of halogens is 1. The van der Waals surface area contributed by atoms with Gasteiger partial charge in [-0.1, -0.05) is 23.4 Å². The topological polar surface area (TPSA) is 64.1 Å². The second-order valence-corrected chi connectivity index (χ2v) is 3.93. The molecule has 0 aromatic carbocycles. The van der Waals surface area contributed by atoms with Crippen molar-refractivity contribution in [3.63, 3.8) is 0 Å². The molecule has 0 N–H and O–H groups in total. The van der Waals surface area contributed by atoms with Gasteiger partial charge in [0.15, 0.2) is 6.21 Å². The molecule has 0 unspecified atom stereocenters. The molecule has 2 rings (SSSR count). The first-order chi connectivity index (χ1) is 7.78. The fourth-order valence-corrected chi connectivity index (χ4v) is 1.36. The molecule has 5 nitrogen and oxygen atoms in total. The number of amidine groups is 1. The van der Waals surface area contributed by atoms with Crippen LogP contribution in [-0.2, 0) is 0 Å². The Labute approximate surface area is 101 Å². The van der Waals surface area contributed by atoms with Crippen molar-refractivity contribution in [2.75, 3.05) is 6.26 Å². The van der Waals surface area contributed by atoms with Gasteiger partial charge < -0.3 is 0 Å². The molecule has 16 heavy (non-hydrogen) atoms. The summed E-state index contributed by atoms with van der Waals surface area (Å²) in [7, 11) is 0. The molecular weight excluding hydrogens is 246 g/mol. The molecule has 0 amide bonds. The number of hydrogen-bond donors (Lipinski definition) is 0. The minimum atomic E-state index is 0.347. The first-order valence-electron chi connectivity index (χ1n) is 4.35. The molecule has 0 fully saturated rings. The van der Waals surface area contributed by atoms with Gasteiger partial charge in [0.25, 0.3) is 0 Å². The lowest BCUT2D eigenvalue weighted by Gasteiger charge is -1.87. The summed E-state index contributed by atoms with van der Waals surface area (Å²) in [5, 5.41) is 8.67. The highest BCUT2D eigenvalue weighted by Gasteiger charge is 2.19. The van der Waals surface area contributed by atoms with E-state index >= 15 is 0 Å². The summed E-state index contributed by atoms with van der Waals surface area (Å²) in [4.78, 5) is 7.98. The number of azo groups is 1. The summed E-state index contributed by atoms with van der Waals surface area (Å²) in [6, 6.07) is 3.50. The van der Waals surface area contributed by atoms with Crippen LogP contribution in [0.3, 0.4) is 0 Å². The van der Waals surface area contributed by atoms with Crippen molar-refractivity contribution in [1.29, 1.82) is 0 Å². The standard InChI is InChI=1S/C9H7ClN5S/c1-16-9-13-8(14-15-9)12-5-6-2-3-7(10)11-4-6/h2-5H,1H3/q+1. The van der Waals surface area contributed by atoms with Crippen LogP contribution in [0.2, 0.25) is 5.15 Å². The lowest BCUT2D eigenvalue weighted by molar-refractivity contribution is 1.31. The Morgan fingerprint density at radius 3 is 2.88 bits per heavy atom. The first kappa shape index (κ1) is 11.0. The van der Waals surface area contributed by atoms with E-state index in [-0.39, 0.29) is 0 Å². The number of aliphatic imine (C=N–C) groups is 1. The maximum Gasteiger partial charge on any atom is 0.546 e. The Hall–Kier alpha value is -1.49. The quantitative estimate of drug-likeness (QED) is 0.434. The van der Waals surface area contributed by atoms with E-state index in [0.29, 0.717) is 16.3 Å². The third kappa shape index (κ3) is 2.76. The molecule has 80 valence electrons. The van der Waals surface area contributed by atoms with E-state index in [9.17, 15) is 0 Å². The third-order valence-electron chi connectivity index (χ3n) is 1.68. The van der Waals surface area contributed by atoms with Crippen molar-refractivity contribution in [2.24, 2.45) is 15.2 Å². The predicted molar refractivity (Wildman–Crippen MR) is 67.4 cm³/mol. The Bertz CT molecular complexity index is 513. The van der Waals surface area contributed by atoms with Crippen LogP contribution in [-0.4, -0.2) is 28.6 Å². The smallest absolute Gasteiger partial charge is 0.244 e. The fourth-order valence-electron chi connectivity index (χ4n) is 0.955. The Morgan fingerprint density at radius 2 is 2.25 bits per heavy atom. The molecule has 0 saturated carbocycles. The molecule has 0 saturated heterocycles. The molecular formula is C9H7ClN5S+. The summed E-state index contributed by atoms with van der Waals surface area (Å²) < 4.78 is 4.07. The lowest BCUT2D eigenvalue weighted by atomic mass is 10.3. The molecule has 7 heteroatoms. The van der Waals surface area contributed by atoms with Crippen molar-refractivity contribution in [3.8, 4) is 0 Å². The van der Waals surface area contributed by atoms with Gasteiger partial charge in [-0.25, -0.2) is 9.65 Å². The van der Waals surface area contributed by atoms with Crippen LogP contribution < -0.4 is 4.67 Å². The molecule has 1 aliphatic rings. The number of aromatic nitrogens is 1. The highest BCUT2D eigenvalue weighted by atomic mass is 35.5. The lowest BCUT2D eigenvalue weighted by Crippen LogP contribution is -1.94. The van der Waals surface area contributed by atoms with E-state index in [1.807, 2.05) is 12.3 Å². The highest BCUT2D eigenvalue weighted by Crippen LogP contribution is 2.06. The maximum atomic E-state index is 5.66. The number of hydrogen-bond acceptors (Lipinski definition) is 3. The minimum Gasteiger partial charge on any atom is -0.244 e. The van der Waals surface area contributed by atoms with Crippen LogP contribution in [0.4, 0.5) is 0 Å². The zero-order valence-electron chi connectivity index (χ0n) is 8.33. The van der Waals surface area contributed by atoms with Gasteiger partial charge in [0.1, 0.15) is 5.15 Å². The van der Waals surface area contributed by atoms with Crippen molar-refractivity contribution < 1.29 is 0 Å². The van der Waals surface area contributed by atoms with Crippen LogP contribution in [0.5, 0.6) is 0 Å². The van der Waals surface area contributed by atoms with Gasteiger partial charge in [0.2, 0.25) is 0 Å². The number of nitrogens with zero attached hydrogens (tertiary/aromatic N) is 5. The maximum absolute atomic E-state index is 5.66. The van der Waals surface area contributed by atoms with Crippen LogP contribution in [0.15, 0.2) is 33.6 Å². The van der Waals surface area contributed by atoms with Gasteiger partial charge >= 0.3 is 11.1 Å². The van der Waals surface area contributed by atoms with Crippen molar-refractivity contribution in [1.82, 2.24) is 9.65 Å². The fraction of sp³-hybridized carbons (Fsp3) is 0.111. The Morgan fingerprint density at radius 1 is 1.38 bits per heavy atom. The van der Waals surface area contributed by atoms with Crippen LogP contribution in [0.25, 0.3) is 0 Å². The van der Waals surface area contributed by atoms with Gasteiger partial charge in [-0.2, -0.15) is 0 Å². The van der Waals surface area contributed by atoms with Gasteiger partial charge in [-0.3, -0.25) is 0 Å². The molecule has 0 bridgehead atoms. The number of guanidine groups is 1. The zero-order chi connectivity index (χ0) is 11.4. The van der Waals surface area contributed by atoms with E-state index in [1.54, 1.807) is 18.5 Å². The predicted octanol–water partition coefficient (Wildman–Crippen LogP) is 1.76. The van der Waals surface area contributed by atoms with Crippen LogP contribution in [0.1, 0.15) is 5.56 Å². The second kappa shape index (κ2) is 5.03. The number of thioether (sulfide) groups is 1. The summed E-state index contributed by atoms with van der Waals surface area (Å²) >= 11 is 7.08. The summed E-state index contributed by atoms with van der Waals surface area (Å²) in [6.45, 7) is 0. The average molecular weight is 253 g/mol. The van der Waals surface area contributed by atoms with E-state index in [1.165, 1.54) is 11.8 Å². The molecule has 0 aliphatic carbocycles. The van der Waals surface area contributed by atoms with E-state index in [2.05, 4.69) is 24.9 Å². The minimum absolute atomic E-state index is 0.347. The van der Waals surface area contributed by atoms with Crippen LogP contribution in [0, 0.1) is 0 Å². The van der Waals surface area contributed by atoms with Crippen molar-refractivity contribution >= 4 is 40.7 Å². The summed E-state index contributed by atoms with van der Waals surface area (Å²) in [5.41, 5.74) is 0.833. The molecule has 1 aromatic rings. The largest absolute Gasteiger partial charge is 0.546 e. The molecule has 1 aliphatic heterocycles. The summed E-state index contributed by atoms with van der Waals surface area (Å²) in [6.07, 6.45) is 5.12. The summed E-state index contributed by atoms with van der Waals surface area (Å²) in [5.74, 6) is 0.347. The van der Waals surface area contributed by atoms with Gasteiger partial charge in [0.05, 0.1) is 5.11 Å². The Kier molecular flexibility index (Phi) is 3.46. The first-order valence-corrected chi connectivity index (χ1v) is 5.95. The van der Waals surface area contributed by atoms with Crippen LogP contribution >= 0.6 is 23.4 Å². The van der Waals surface area contributed by atoms with E-state index < -0.39 is 0 Å². The molecule has 0 atom stereocenters.